The molecule has 0 aliphatic carbocycles. The molecule has 0 heterocycles. The lowest BCUT2D eigenvalue weighted by Gasteiger charge is -2.14. The molecule has 0 atom stereocenters. The highest BCUT2D eigenvalue weighted by Crippen LogP contribution is 2.43. The third kappa shape index (κ3) is 2.51. The Kier molecular flexibility index (Phi) is 3.95. The third-order valence-corrected chi connectivity index (χ3v) is 3.54. The molecule has 5 heteroatoms. The molecular weight excluding hydrogens is 313 g/mol. The Labute approximate surface area is 119 Å². The van der Waals surface area contributed by atoms with Crippen molar-refractivity contribution in [2.45, 2.75) is 0 Å². The molecule has 2 rings (SSSR count). The maximum Gasteiger partial charge on any atom is 0.144 e. The second kappa shape index (κ2) is 5.48. The molecule has 2 N–H and O–H groups in total. The number of ether oxygens (including phenoxy) is 2. The molecule has 0 spiro atoms. The summed E-state index contributed by atoms with van der Waals surface area (Å²) >= 11 is 3.42. The fourth-order valence-corrected chi connectivity index (χ4v) is 2.56. The number of methoxy groups -OCH3 is 2. The Morgan fingerprint density at radius 3 is 2.32 bits per heavy atom. The van der Waals surface area contributed by atoms with Gasteiger partial charge in [0.25, 0.3) is 0 Å². The maximum atomic E-state index is 13.1. The number of halogens is 2. The second-order valence-corrected chi connectivity index (χ2v) is 4.69. The molecule has 0 aliphatic rings. The van der Waals surface area contributed by atoms with E-state index in [-0.39, 0.29) is 5.82 Å². The highest BCUT2D eigenvalue weighted by Gasteiger charge is 2.15. The van der Waals surface area contributed by atoms with Crippen molar-refractivity contribution in [2.24, 2.45) is 0 Å². The minimum atomic E-state index is -0.368. The molecule has 100 valence electrons. The van der Waals surface area contributed by atoms with Crippen molar-refractivity contribution < 1.29 is 13.9 Å². The zero-order valence-corrected chi connectivity index (χ0v) is 12.1. The van der Waals surface area contributed by atoms with Gasteiger partial charge in [-0.05, 0) is 46.3 Å². The Morgan fingerprint density at radius 1 is 1.05 bits per heavy atom. The highest BCUT2D eigenvalue weighted by molar-refractivity contribution is 9.10. The van der Waals surface area contributed by atoms with Crippen LogP contribution >= 0.6 is 15.9 Å². The molecule has 3 nitrogen and oxygen atoms in total. The van der Waals surface area contributed by atoms with Crippen molar-refractivity contribution in [1.82, 2.24) is 0 Å². The molecule has 19 heavy (non-hydrogen) atoms. The summed E-state index contributed by atoms with van der Waals surface area (Å²) in [5.41, 5.74) is 7.69. The first-order chi connectivity index (χ1) is 9.08. The Morgan fingerprint density at radius 2 is 1.74 bits per heavy atom. The van der Waals surface area contributed by atoms with E-state index in [9.17, 15) is 4.39 Å². The molecule has 0 aliphatic heterocycles. The van der Waals surface area contributed by atoms with Gasteiger partial charge in [-0.15, -0.1) is 0 Å². The quantitative estimate of drug-likeness (QED) is 0.871. The van der Waals surface area contributed by atoms with Crippen LogP contribution in [0.5, 0.6) is 11.5 Å². The molecule has 0 saturated heterocycles. The van der Waals surface area contributed by atoms with Crippen LogP contribution in [0, 0.1) is 5.82 Å². The third-order valence-electron chi connectivity index (χ3n) is 2.79. The van der Waals surface area contributed by atoms with Gasteiger partial charge in [-0.25, -0.2) is 4.39 Å². The summed E-state index contributed by atoms with van der Waals surface area (Å²) < 4.78 is 24.4. The number of rotatable bonds is 3. The fraction of sp³-hybridized carbons (Fsp3) is 0.143. The molecule has 0 amide bonds. The molecule has 0 unspecified atom stereocenters. The minimum absolute atomic E-state index is 0.357. The number of hydrogen-bond donors (Lipinski definition) is 1. The van der Waals surface area contributed by atoms with Crippen LogP contribution in [0.4, 0.5) is 10.1 Å². The Hall–Kier alpha value is -1.75. The van der Waals surface area contributed by atoms with Gasteiger partial charge >= 0.3 is 0 Å². The molecule has 0 radical (unpaired) electrons. The van der Waals surface area contributed by atoms with Crippen LogP contribution in [-0.2, 0) is 0 Å². The summed E-state index contributed by atoms with van der Waals surface area (Å²) in [6.07, 6.45) is 0. The largest absolute Gasteiger partial charge is 0.495 e. The van der Waals surface area contributed by atoms with E-state index in [1.807, 2.05) is 6.07 Å². The van der Waals surface area contributed by atoms with E-state index in [0.717, 1.165) is 5.56 Å². The van der Waals surface area contributed by atoms with Gasteiger partial charge in [0.2, 0.25) is 0 Å². The smallest absolute Gasteiger partial charge is 0.144 e. The lowest BCUT2D eigenvalue weighted by Crippen LogP contribution is -1.96. The summed E-state index contributed by atoms with van der Waals surface area (Å²) in [6.45, 7) is 0. The van der Waals surface area contributed by atoms with Gasteiger partial charge in [0.05, 0.1) is 14.2 Å². The zero-order valence-electron chi connectivity index (χ0n) is 10.5. The average molecular weight is 326 g/mol. The Balaban J connectivity index is 2.65. The zero-order chi connectivity index (χ0) is 14.0. The number of hydrogen-bond acceptors (Lipinski definition) is 3. The average Bonchev–Trinajstić information content (AvgIpc) is 2.38. The SMILES string of the molecule is COc1ccc(-c2ccc(F)cc2N)c(OC)c1Br. The predicted molar refractivity (Wildman–Crippen MR) is 77.1 cm³/mol. The van der Waals surface area contributed by atoms with Crippen LogP contribution in [0.25, 0.3) is 11.1 Å². The molecule has 0 saturated carbocycles. The summed E-state index contributed by atoms with van der Waals surface area (Å²) in [5, 5.41) is 0. The second-order valence-electron chi connectivity index (χ2n) is 3.89. The van der Waals surface area contributed by atoms with Crippen molar-refractivity contribution in [3.05, 3.63) is 40.6 Å². The first kappa shape index (κ1) is 13.7. The maximum absolute atomic E-state index is 13.1. The minimum Gasteiger partial charge on any atom is -0.495 e. The summed E-state index contributed by atoms with van der Waals surface area (Å²) in [5.74, 6) is 0.881. The van der Waals surface area contributed by atoms with Crippen LogP contribution in [0.3, 0.4) is 0 Å². The Bertz CT molecular complexity index is 617. The first-order valence-corrected chi connectivity index (χ1v) is 6.33. The lowest BCUT2D eigenvalue weighted by molar-refractivity contribution is 0.390. The van der Waals surface area contributed by atoms with Gasteiger partial charge in [0, 0.05) is 16.8 Å². The van der Waals surface area contributed by atoms with E-state index in [0.29, 0.717) is 27.2 Å². The van der Waals surface area contributed by atoms with Gasteiger partial charge in [-0.3, -0.25) is 0 Å². The monoisotopic (exact) mass is 325 g/mol. The van der Waals surface area contributed by atoms with Crippen molar-refractivity contribution in [3.63, 3.8) is 0 Å². The van der Waals surface area contributed by atoms with Gasteiger partial charge in [0.1, 0.15) is 21.8 Å². The van der Waals surface area contributed by atoms with Crippen molar-refractivity contribution in [2.75, 3.05) is 20.0 Å². The van der Waals surface area contributed by atoms with Gasteiger partial charge < -0.3 is 15.2 Å². The standard InChI is InChI=1S/C14H13BrFNO2/c1-18-12-6-5-10(14(19-2)13(12)15)9-4-3-8(16)7-11(9)17/h3-7H,17H2,1-2H3. The van der Waals surface area contributed by atoms with Crippen LogP contribution in [0.1, 0.15) is 0 Å². The van der Waals surface area contributed by atoms with Crippen molar-refractivity contribution in [3.8, 4) is 22.6 Å². The molecule has 2 aromatic carbocycles. The molecule has 0 fully saturated rings. The predicted octanol–water partition coefficient (Wildman–Crippen LogP) is 3.85. The first-order valence-electron chi connectivity index (χ1n) is 5.54. The van der Waals surface area contributed by atoms with E-state index in [4.69, 9.17) is 15.2 Å². The van der Waals surface area contributed by atoms with Crippen LogP contribution in [-0.4, -0.2) is 14.2 Å². The van der Waals surface area contributed by atoms with Crippen molar-refractivity contribution in [1.29, 1.82) is 0 Å². The van der Waals surface area contributed by atoms with E-state index >= 15 is 0 Å². The number of nitrogens with two attached hydrogens (primary N) is 1. The fourth-order valence-electron chi connectivity index (χ4n) is 1.89. The topological polar surface area (TPSA) is 44.5 Å². The normalized spacial score (nSPS) is 10.3. The summed E-state index contributed by atoms with van der Waals surface area (Å²) in [4.78, 5) is 0. The van der Waals surface area contributed by atoms with Crippen LogP contribution in [0.15, 0.2) is 34.8 Å². The number of anilines is 1. The van der Waals surface area contributed by atoms with E-state index in [1.165, 1.54) is 12.1 Å². The highest BCUT2D eigenvalue weighted by atomic mass is 79.9. The van der Waals surface area contributed by atoms with Gasteiger partial charge in [0.15, 0.2) is 0 Å². The van der Waals surface area contributed by atoms with E-state index in [2.05, 4.69) is 15.9 Å². The van der Waals surface area contributed by atoms with Crippen LogP contribution < -0.4 is 15.2 Å². The molecular formula is C14H13BrFNO2. The summed E-state index contributed by atoms with van der Waals surface area (Å²) in [6, 6.07) is 7.90. The van der Waals surface area contributed by atoms with Crippen molar-refractivity contribution >= 4 is 21.6 Å². The van der Waals surface area contributed by atoms with Gasteiger partial charge in [-0.1, -0.05) is 0 Å². The van der Waals surface area contributed by atoms with Crippen LogP contribution in [0.2, 0.25) is 0 Å². The van der Waals surface area contributed by atoms with Gasteiger partial charge in [-0.2, -0.15) is 0 Å². The summed E-state index contributed by atoms with van der Waals surface area (Å²) in [7, 11) is 3.13. The lowest BCUT2D eigenvalue weighted by atomic mass is 10.0. The van der Waals surface area contributed by atoms with E-state index in [1.54, 1.807) is 26.4 Å². The molecule has 0 bridgehead atoms. The molecule has 0 aromatic heterocycles. The van der Waals surface area contributed by atoms with E-state index < -0.39 is 0 Å². The number of nitrogen functional groups attached to an aromatic ring is 1. The number of benzene rings is 2. The molecule has 2 aromatic rings.